The van der Waals surface area contributed by atoms with Gasteiger partial charge in [-0.25, -0.2) is 0 Å². The van der Waals surface area contributed by atoms with Gasteiger partial charge in [-0.15, -0.1) is 0 Å². The third-order valence-corrected chi connectivity index (χ3v) is 2.87. The van der Waals surface area contributed by atoms with Crippen molar-refractivity contribution in [1.82, 2.24) is 4.98 Å². The Bertz CT molecular complexity index is 512. The lowest BCUT2D eigenvalue weighted by molar-refractivity contribution is 0.342. The highest BCUT2D eigenvalue weighted by molar-refractivity contribution is 5.78. The van der Waals surface area contributed by atoms with Crippen LogP contribution >= 0.6 is 0 Å². The SMILES string of the molecule is CC(C)(C)CC(N)c1cnc2ccccc2c1. The van der Waals surface area contributed by atoms with Crippen LogP contribution in [0.3, 0.4) is 0 Å². The molecular formula is C15H20N2. The quantitative estimate of drug-likeness (QED) is 0.851. The Morgan fingerprint density at radius 3 is 2.65 bits per heavy atom. The van der Waals surface area contributed by atoms with E-state index in [1.807, 2.05) is 24.4 Å². The first-order chi connectivity index (χ1) is 7.96. The molecule has 0 radical (unpaired) electrons. The molecule has 1 aromatic heterocycles. The second-order valence-corrected chi connectivity index (χ2v) is 5.83. The molecule has 0 bridgehead atoms. The van der Waals surface area contributed by atoms with Crippen LogP contribution in [0.5, 0.6) is 0 Å². The van der Waals surface area contributed by atoms with Gasteiger partial charge in [-0.1, -0.05) is 39.0 Å². The number of fused-ring (bicyclic) bond motifs is 1. The van der Waals surface area contributed by atoms with Gasteiger partial charge < -0.3 is 5.73 Å². The predicted octanol–water partition coefficient (Wildman–Crippen LogP) is 3.67. The number of rotatable bonds is 2. The van der Waals surface area contributed by atoms with Gasteiger partial charge in [0.2, 0.25) is 0 Å². The van der Waals surface area contributed by atoms with Crippen LogP contribution in [0, 0.1) is 5.41 Å². The summed E-state index contributed by atoms with van der Waals surface area (Å²) in [6.45, 7) is 6.63. The van der Waals surface area contributed by atoms with Crippen LogP contribution in [0.4, 0.5) is 0 Å². The summed E-state index contributed by atoms with van der Waals surface area (Å²) in [6.07, 6.45) is 2.87. The minimum atomic E-state index is 0.0621. The topological polar surface area (TPSA) is 38.9 Å². The molecule has 0 spiro atoms. The molecule has 90 valence electrons. The number of pyridine rings is 1. The third kappa shape index (κ3) is 3.04. The highest BCUT2D eigenvalue weighted by Crippen LogP contribution is 2.28. The molecule has 2 heteroatoms. The molecule has 2 nitrogen and oxygen atoms in total. The Hall–Kier alpha value is -1.41. The molecule has 17 heavy (non-hydrogen) atoms. The maximum absolute atomic E-state index is 6.23. The van der Waals surface area contributed by atoms with E-state index in [1.165, 1.54) is 0 Å². The van der Waals surface area contributed by atoms with Gasteiger partial charge >= 0.3 is 0 Å². The van der Waals surface area contributed by atoms with Crippen molar-refractivity contribution >= 4 is 10.9 Å². The Morgan fingerprint density at radius 1 is 1.24 bits per heavy atom. The number of hydrogen-bond donors (Lipinski definition) is 1. The molecule has 0 fully saturated rings. The maximum Gasteiger partial charge on any atom is 0.0702 e. The number of hydrogen-bond acceptors (Lipinski definition) is 2. The fourth-order valence-corrected chi connectivity index (χ4v) is 2.07. The van der Waals surface area contributed by atoms with E-state index in [0.29, 0.717) is 0 Å². The van der Waals surface area contributed by atoms with E-state index in [1.54, 1.807) is 0 Å². The number of para-hydroxylation sites is 1. The Morgan fingerprint density at radius 2 is 1.94 bits per heavy atom. The summed E-state index contributed by atoms with van der Waals surface area (Å²) in [6, 6.07) is 10.3. The lowest BCUT2D eigenvalue weighted by atomic mass is 9.86. The summed E-state index contributed by atoms with van der Waals surface area (Å²) in [7, 11) is 0. The van der Waals surface area contributed by atoms with Crippen LogP contribution in [-0.2, 0) is 0 Å². The minimum Gasteiger partial charge on any atom is -0.324 e. The molecule has 1 atom stereocenters. The van der Waals surface area contributed by atoms with E-state index in [0.717, 1.165) is 22.9 Å². The zero-order valence-electron chi connectivity index (χ0n) is 10.8. The number of nitrogens with zero attached hydrogens (tertiary/aromatic N) is 1. The second-order valence-electron chi connectivity index (χ2n) is 5.83. The maximum atomic E-state index is 6.23. The molecule has 2 rings (SSSR count). The summed E-state index contributed by atoms with van der Waals surface area (Å²) >= 11 is 0. The van der Waals surface area contributed by atoms with Crippen molar-refractivity contribution in [3.05, 3.63) is 42.1 Å². The molecule has 0 aliphatic rings. The van der Waals surface area contributed by atoms with Crippen molar-refractivity contribution in [3.63, 3.8) is 0 Å². The average molecular weight is 228 g/mol. The second kappa shape index (κ2) is 4.46. The third-order valence-electron chi connectivity index (χ3n) is 2.87. The predicted molar refractivity (Wildman–Crippen MR) is 72.7 cm³/mol. The summed E-state index contributed by atoms with van der Waals surface area (Å²) in [4.78, 5) is 4.45. The van der Waals surface area contributed by atoms with Gasteiger partial charge in [0.1, 0.15) is 0 Å². The van der Waals surface area contributed by atoms with Gasteiger partial charge in [0.15, 0.2) is 0 Å². The van der Waals surface area contributed by atoms with E-state index in [9.17, 15) is 0 Å². The molecule has 2 N–H and O–H groups in total. The highest BCUT2D eigenvalue weighted by atomic mass is 14.7. The van der Waals surface area contributed by atoms with Crippen molar-refractivity contribution in [3.8, 4) is 0 Å². The standard InChI is InChI=1S/C15H20N2/c1-15(2,3)9-13(16)12-8-11-6-4-5-7-14(11)17-10-12/h4-8,10,13H,9,16H2,1-3H3. The van der Waals surface area contributed by atoms with E-state index >= 15 is 0 Å². The summed E-state index contributed by atoms with van der Waals surface area (Å²) in [5.41, 5.74) is 8.62. The zero-order chi connectivity index (χ0) is 12.5. The first-order valence-electron chi connectivity index (χ1n) is 6.06. The lowest BCUT2D eigenvalue weighted by Crippen LogP contribution is -2.18. The molecule has 2 aromatic rings. The minimum absolute atomic E-state index is 0.0621. The van der Waals surface area contributed by atoms with Crippen molar-refractivity contribution in [2.45, 2.75) is 33.2 Å². The van der Waals surface area contributed by atoms with Crippen molar-refractivity contribution in [1.29, 1.82) is 0 Å². The Balaban J connectivity index is 2.30. The van der Waals surface area contributed by atoms with Gasteiger partial charge in [-0.3, -0.25) is 4.98 Å². The van der Waals surface area contributed by atoms with Gasteiger partial charge in [0.25, 0.3) is 0 Å². The van der Waals surface area contributed by atoms with Crippen molar-refractivity contribution < 1.29 is 0 Å². The van der Waals surface area contributed by atoms with Crippen molar-refractivity contribution in [2.24, 2.45) is 11.1 Å². The van der Waals surface area contributed by atoms with Crippen LogP contribution in [0.25, 0.3) is 10.9 Å². The molecule has 0 aliphatic carbocycles. The monoisotopic (exact) mass is 228 g/mol. The molecule has 0 amide bonds. The van der Waals surface area contributed by atoms with Crippen LogP contribution in [0.2, 0.25) is 0 Å². The smallest absolute Gasteiger partial charge is 0.0702 e. The molecule has 0 aliphatic heterocycles. The number of benzene rings is 1. The van der Waals surface area contributed by atoms with Crippen LogP contribution < -0.4 is 5.73 Å². The molecule has 1 aromatic carbocycles. The van der Waals surface area contributed by atoms with Gasteiger partial charge in [0, 0.05) is 17.6 Å². The molecule has 1 heterocycles. The normalized spacial score (nSPS) is 13.9. The number of aromatic nitrogens is 1. The first-order valence-corrected chi connectivity index (χ1v) is 6.06. The lowest BCUT2D eigenvalue weighted by Gasteiger charge is -2.23. The van der Waals surface area contributed by atoms with E-state index < -0.39 is 0 Å². The first kappa shape index (κ1) is 12.1. The summed E-state index contributed by atoms with van der Waals surface area (Å²) < 4.78 is 0. The number of nitrogens with two attached hydrogens (primary N) is 1. The van der Waals surface area contributed by atoms with Crippen LogP contribution in [0.1, 0.15) is 38.8 Å². The van der Waals surface area contributed by atoms with E-state index in [2.05, 4.69) is 37.9 Å². The van der Waals surface area contributed by atoms with Gasteiger partial charge in [0.05, 0.1) is 5.52 Å². The molecule has 1 unspecified atom stereocenters. The van der Waals surface area contributed by atoms with Gasteiger partial charge in [-0.2, -0.15) is 0 Å². The molecule has 0 saturated heterocycles. The zero-order valence-corrected chi connectivity index (χ0v) is 10.8. The van der Waals surface area contributed by atoms with E-state index in [4.69, 9.17) is 5.73 Å². The van der Waals surface area contributed by atoms with Gasteiger partial charge in [-0.05, 0) is 29.5 Å². The van der Waals surface area contributed by atoms with Crippen molar-refractivity contribution in [2.75, 3.05) is 0 Å². The Kier molecular flexibility index (Phi) is 3.16. The summed E-state index contributed by atoms with van der Waals surface area (Å²) in [5, 5.41) is 1.16. The largest absolute Gasteiger partial charge is 0.324 e. The summed E-state index contributed by atoms with van der Waals surface area (Å²) in [5.74, 6) is 0. The molecule has 0 saturated carbocycles. The Labute approximate surface area is 103 Å². The van der Waals surface area contributed by atoms with Crippen LogP contribution in [0.15, 0.2) is 36.5 Å². The molecular weight excluding hydrogens is 208 g/mol. The van der Waals surface area contributed by atoms with Crippen LogP contribution in [-0.4, -0.2) is 4.98 Å². The fourth-order valence-electron chi connectivity index (χ4n) is 2.07. The fraction of sp³-hybridized carbons (Fsp3) is 0.400. The average Bonchev–Trinajstić information content (AvgIpc) is 2.26. The highest BCUT2D eigenvalue weighted by Gasteiger charge is 2.17. The van der Waals surface area contributed by atoms with E-state index in [-0.39, 0.29) is 11.5 Å².